The number of nitrogens with zero attached hydrogens (tertiary/aromatic N) is 4. The minimum absolute atomic E-state index is 0.282. The van der Waals surface area contributed by atoms with Crippen LogP contribution in [0, 0.1) is 0 Å². The molecule has 6 nitrogen and oxygen atoms in total. The Morgan fingerprint density at radius 2 is 0.526 bits per heavy atom. The Labute approximate surface area is 672 Å². The minimum atomic E-state index is -3.28. The average molecular weight is 1520 g/mol. The molecule has 4 aromatic heterocycles. The highest BCUT2D eigenvalue weighted by atomic mass is 31.2. The number of para-hydroxylation sites is 6. The highest BCUT2D eigenvalue weighted by Gasteiger charge is 2.48. The SMILES string of the molecule is CC1(C)c2cc(-c3ccc4c5ccccc5n5c6ccccc6nc5c4c3)ccc2-c2ccc(P(=O)(c3ccccc3)c3ccccc3)cc21.O=P(c1ccccc1)(c1ccccc1)c1ccc2c(c1)C(c1ccccc1)(c1ccccc1)c1cc(-c3ccc(-c4ccc5c6ccccc6n6c7ccccc7nc6c5c4)cc3)ccc1-2. The Morgan fingerprint density at radius 1 is 0.233 bits per heavy atom. The average Bonchev–Trinajstić information content (AvgIpc) is 1.52. The Hall–Kier alpha value is -13.9. The molecule has 2 aliphatic carbocycles. The first-order chi connectivity index (χ1) is 57.0. The molecule has 0 saturated carbocycles. The van der Waals surface area contributed by atoms with Gasteiger partial charge in [-0.2, -0.15) is 0 Å². The van der Waals surface area contributed by atoms with E-state index < -0.39 is 19.7 Å². The van der Waals surface area contributed by atoms with Gasteiger partial charge < -0.3 is 9.13 Å². The molecule has 21 aromatic rings. The van der Waals surface area contributed by atoms with Crippen molar-refractivity contribution in [2.45, 2.75) is 24.7 Å². The van der Waals surface area contributed by atoms with Gasteiger partial charge in [-0.3, -0.25) is 8.80 Å². The molecular weight excluding hydrogens is 1450 g/mol. The molecule has 8 heteroatoms. The van der Waals surface area contributed by atoms with Crippen molar-refractivity contribution in [1.82, 2.24) is 18.8 Å². The first kappa shape index (κ1) is 68.9. The van der Waals surface area contributed by atoms with E-state index in [4.69, 9.17) is 9.97 Å². The van der Waals surface area contributed by atoms with Crippen LogP contribution in [0.25, 0.3) is 132 Å². The summed E-state index contributed by atoms with van der Waals surface area (Å²) in [7, 11) is -6.38. The summed E-state index contributed by atoms with van der Waals surface area (Å²) in [5, 5.41) is 12.1. The molecule has 4 heterocycles. The summed E-state index contributed by atoms with van der Waals surface area (Å²) in [5.41, 5.74) is 26.4. The summed E-state index contributed by atoms with van der Waals surface area (Å²) in [6.45, 7) is 4.60. The number of benzene rings is 17. The van der Waals surface area contributed by atoms with Gasteiger partial charge in [0.1, 0.15) is 11.3 Å². The van der Waals surface area contributed by atoms with E-state index in [0.29, 0.717) is 0 Å². The van der Waals surface area contributed by atoms with Crippen molar-refractivity contribution in [2.24, 2.45) is 0 Å². The predicted octanol–water partition coefficient (Wildman–Crippen LogP) is 24.5. The van der Waals surface area contributed by atoms with Gasteiger partial charge in [0.25, 0.3) is 0 Å². The standard InChI is InChI=1S/C62H41N2OP.C46H33N2OP/c65-66(48-21-9-3-10-22-48,49-23-11-4-12-24-49)50-35-38-53-52-37-34-45(40-56(52)62(57(53)41-50,46-17-5-1-6-18-46)47-19-7-2-8-20-47)43-31-29-42(30-32-43)44-33-36-51-54-25-13-15-27-59(54)64-60-28-16-14-26-58(60)63-61(64)55(51)39-44;1-46(2)40-28-31(30-21-24-35-38-17-9-11-19-43(38)48-44-20-12-10-18-42(44)47-45(48)39(35)27-30)22-25-36(40)37-26-23-34(29-41(37)46)50(49,32-13-5-3-6-14-32)33-15-7-4-8-16-33/h1-41H;3-29H,1-2H3. The second-order valence-corrected chi connectivity index (χ2v) is 36.8. The van der Waals surface area contributed by atoms with E-state index in [2.05, 4.69) is 314 Å². The molecule has 0 radical (unpaired) electrons. The van der Waals surface area contributed by atoms with Gasteiger partial charge >= 0.3 is 0 Å². The molecule has 0 spiro atoms. The van der Waals surface area contributed by atoms with E-state index in [0.717, 1.165) is 126 Å². The molecule has 2 aliphatic rings. The van der Waals surface area contributed by atoms with Gasteiger partial charge in [-0.15, -0.1) is 0 Å². The first-order valence-electron chi connectivity index (χ1n) is 39.7. The fraction of sp³-hybridized carbons (Fsp3) is 0.0370. The smallest absolute Gasteiger partial charge is 0.171 e. The van der Waals surface area contributed by atoms with E-state index in [1.165, 1.54) is 71.6 Å². The Bertz CT molecular complexity index is 7530. The first-order valence-corrected chi connectivity index (χ1v) is 43.1. The zero-order valence-electron chi connectivity index (χ0n) is 63.8. The summed E-state index contributed by atoms with van der Waals surface area (Å²) >= 11 is 0. The number of pyridine rings is 2. The molecule has 23 rings (SSSR count). The van der Waals surface area contributed by atoms with Gasteiger partial charge in [-0.25, -0.2) is 9.97 Å². The zero-order chi connectivity index (χ0) is 77.4. The highest BCUT2D eigenvalue weighted by molar-refractivity contribution is 7.85. The van der Waals surface area contributed by atoms with Crippen LogP contribution in [0.15, 0.2) is 413 Å². The van der Waals surface area contributed by atoms with E-state index in [-0.39, 0.29) is 5.41 Å². The maximum absolute atomic E-state index is 16.0. The maximum Gasteiger partial charge on any atom is 0.171 e. The highest BCUT2D eigenvalue weighted by Crippen LogP contribution is 2.59. The quantitative estimate of drug-likeness (QED) is 0.0956. The molecule has 116 heavy (non-hydrogen) atoms. The lowest BCUT2D eigenvalue weighted by atomic mass is 9.67. The summed E-state index contributed by atoms with van der Waals surface area (Å²) < 4.78 is 35.8. The fourth-order valence-electron chi connectivity index (χ4n) is 19.2. The van der Waals surface area contributed by atoms with Crippen LogP contribution in [-0.2, 0) is 20.0 Å². The third-order valence-electron chi connectivity index (χ3n) is 24.8. The minimum Gasteiger partial charge on any atom is -0.309 e. The summed E-state index contributed by atoms with van der Waals surface area (Å²) in [5.74, 6) is 0. The number of hydrogen-bond donors (Lipinski definition) is 0. The molecule has 0 atom stereocenters. The van der Waals surface area contributed by atoms with E-state index in [1.807, 2.05) is 121 Å². The van der Waals surface area contributed by atoms with Gasteiger partial charge in [0, 0.05) is 58.8 Å². The van der Waals surface area contributed by atoms with Crippen LogP contribution < -0.4 is 31.8 Å². The largest absolute Gasteiger partial charge is 0.309 e. The molecule has 0 fully saturated rings. The van der Waals surface area contributed by atoms with Crippen molar-refractivity contribution < 1.29 is 9.13 Å². The van der Waals surface area contributed by atoms with Gasteiger partial charge in [-0.05, 0) is 173 Å². The summed E-state index contributed by atoms with van der Waals surface area (Å²) in [6.07, 6.45) is 0. The molecule has 0 unspecified atom stereocenters. The molecule has 17 aromatic carbocycles. The van der Waals surface area contributed by atoms with E-state index in [1.54, 1.807) is 0 Å². The zero-order valence-corrected chi connectivity index (χ0v) is 65.5. The Morgan fingerprint density at radius 3 is 0.957 bits per heavy atom. The fourth-order valence-corrected chi connectivity index (χ4v) is 24.6. The van der Waals surface area contributed by atoms with Crippen molar-refractivity contribution in [3.63, 3.8) is 0 Å². The Balaban J connectivity index is 0.000000146. The third-order valence-corrected chi connectivity index (χ3v) is 30.9. The maximum atomic E-state index is 16.0. The number of rotatable bonds is 11. The van der Waals surface area contributed by atoms with Crippen molar-refractivity contribution >= 4 is 123 Å². The third kappa shape index (κ3) is 10.5. The van der Waals surface area contributed by atoms with Crippen molar-refractivity contribution in [3.8, 4) is 55.6 Å². The second kappa shape index (κ2) is 26.9. The molecule has 0 bridgehead atoms. The lowest BCUT2D eigenvalue weighted by Gasteiger charge is -2.34. The van der Waals surface area contributed by atoms with Crippen molar-refractivity contribution in [3.05, 3.63) is 446 Å². The van der Waals surface area contributed by atoms with Gasteiger partial charge in [0.15, 0.2) is 14.3 Å². The summed E-state index contributed by atoms with van der Waals surface area (Å²) in [6, 6.07) is 145. The molecular formula is C108H74N4O2P2. The lowest BCUT2D eigenvalue weighted by molar-refractivity contribution is 0.591. The molecule has 0 saturated heterocycles. The van der Waals surface area contributed by atoms with Crippen LogP contribution in [0.4, 0.5) is 0 Å². The van der Waals surface area contributed by atoms with E-state index >= 15 is 9.13 Å². The molecule has 0 N–H and O–H groups in total. The van der Waals surface area contributed by atoms with Gasteiger partial charge in [0.05, 0.1) is 38.5 Å². The number of imidazole rings is 2. The number of aromatic nitrogens is 4. The lowest BCUT2D eigenvalue weighted by Crippen LogP contribution is -2.31. The number of hydrogen-bond acceptors (Lipinski definition) is 4. The van der Waals surface area contributed by atoms with Crippen LogP contribution in [-0.4, -0.2) is 18.8 Å². The van der Waals surface area contributed by atoms with Crippen LogP contribution in [0.5, 0.6) is 0 Å². The molecule has 0 aliphatic heterocycles. The molecule has 548 valence electrons. The topological polar surface area (TPSA) is 68.7 Å². The van der Waals surface area contributed by atoms with Crippen LogP contribution >= 0.6 is 14.3 Å². The van der Waals surface area contributed by atoms with E-state index in [9.17, 15) is 0 Å². The molecule has 0 amide bonds. The van der Waals surface area contributed by atoms with Crippen LogP contribution in [0.2, 0.25) is 0 Å². The monoisotopic (exact) mass is 1520 g/mol. The van der Waals surface area contributed by atoms with Gasteiger partial charge in [0.2, 0.25) is 0 Å². The van der Waals surface area contributed by atoms with Crippen LogP contribution in [0.3, 0.4) is 0 Å². The second-order valence-electron chi connectivity index (χ2n) is 31.3. The normalized spacial score (nSPS) is 13.3. The summed E-state index contributed by atoms with van der Waals surface area (Å²) in [4.78, 5) is 10.3. The van der Waals surface area contributed by atoms with Crippen LogP contribution in [0.1, 0.15) is 47.2 Å². The predicted molar refractivity (Wildman–Crippen MR) is 485 cm³/mol. The van der Waals surface area contributed by atoms with Gasteiger partial charge in [-0.1, -0.05) is 354 Å². The Kier molecular flexibility index (Phi) is 16.0. The number of fused-ring (bicyclic) bond motifs is 22. The van der Waals surface area contributed by atoms with Crippen molar-refractivity contribution in [1.29, 1.82) is 0 Å². The van der Waals surface area contributed by atoms with Crippen molar-refractivity contribution in [2.75, 3.05) is 0 Å².